The topological polar surface area (TPSA) is 32.3 Å². The number of rotatable bonds is 7. The first-order valence-corrected chi connectivity index (χ1v) is 6.86. The minimum Gasteiger partial charge on any atom is -0.396 e. The molecule has 19 heavy (non-hydrogen) atoms. The largest absolute Gasteiger partial charge is 0.396 e. The van der Waals surface area contributed by atoms with Crippen molar-refractivity contribution in [2.45, 2.75) is 19.3 Å². The lowest BCUT2D eigenvalue weighted by molar-refractivity contribution is 0.299. The van der Waals surface area contributed by atoms with Gasteiger partial charge in [-0.15, -0.1) is 0 Å². The molecule has 0 saturated carbocycles. The number of anilines is 1. The van der Waals surface area contributed by atoms with E-state index in [4.69, 9.17) is 5.11 Å². The highest BCUT2D eigenvalue weighted by Crippen LogP contribution is 2.11. The van der Waals surface area contributed by atoms with Gasteiger partial charge in [0.05, 0.1) is 0 Å². The zero-order valence-electron chi connectivity index (χ0n) is 11.2. The molecule has 0 aliphatic rings. The van der Waals surface area contributed by atoms with Crippen molar-refractivity contribution in [3.05, 3.63) is 65.7 Å². The van der Waals surface area contributed by atoms with Crippen LogP contribution in [-0.2, 0) is 12.8 Å². The van der Waals surface area contributed by atoms with E-state index in [1.165, 1.54) is 11.1 Å². The highest BCUT2D eigenvalue weighted by atomic mass is 16.2. The average Bonchev–Trinajstić information content (AvgIpc) is 2.46. The molecule has 0 bridgehead atoms. The maximum atomic E-state index is 8.93. The van der Waals surface area contributed by atoms with Crippen LogP contribution >= 0.6 is 0 Å². The van der Waals surface area contributed by atoms with Crippen LogP contribution in [0.25, 0.3) is 0 Å². The summed E-state index contributed by atoms with van der Waals surface area (Å²) in [4.78, 5) is 0. The van der Waals surface area contributed by atoms with Gasteiger partial charge >= 0.3 is 0 Å². The van der Waals surface area contributed by atoms with E-state index in [0.29, 0.717) is 0 Å². The molecule has 100 valence electrons. The van der Waals surface area contributed by atoms with Crippen molar-refractivity contribution in [3.8, 4) is 0 Å². The summed E-state index contributed by atoms with van der Waals surface area (Å²) in [5, 5.41) is 12.4. The molecule has 2 rings (SSSR count). The fraction of sp³-hybridized carbons (Fsp3) is 0.294. The second kappa shape index (κ2) is 7.59. The fourth-order valence-electron chi connectivity index (χ4n) is 2.14. The summed E-state index contributed by atoms with van der Waals surface area (Å²) in [5.74, 6) is 0. The molecular weight excluding hydrogens is 234 g/mol. The molecule has 2 aromatic carbocycles. The maximum absolute atomic E-state index is 8.93. The van der Waals surface area contributed by atoms with E-state index < -0.39 is 0 Å². The molecule has 0 aromatic heterocycles. The predicted molar refractivity (Wildman–Crippen MR) is 80.5 cm³/mol. The van der Waals surface area contributed by atoms with Crippen LogP contribution in [0.3, 0.4) is 0 Å². The minimum absolute atomic E-state index is 0.206. The third-order valence-electron chi connectivity index (χ3n) is 3.14. The molecule has 0 spiro atoms. The molecule has 0 fully saturated rings. The molecule has 2 nitrogen and oxygen atoms in total. The highest BCUT2D eigenvalue weighted by molar-refractivity contribution is 5.45. The summed E-state index contributed by atoms with van der Waals surface area (Å²) in [5.41, 5.74) is 3.70. The number of hydrogen-bond acceptors (Lipinski definition) is 2. The molecule has 0 saturated heterocycles. The van der Waals surface area contributed by atoms with Crippen LogP contribution in [-0.4, -0.2) is 18.3 Å². The van der Waals surface area contributed by atoms with E-state index in [2.05, 4.69) is 47.8 Å². The summed E-state index contributed by atoms with van der Waals surface area (Å²) in [6.45, 7) is 1.18. The Morgan fingerprint density at radius 3 is 2.42 bits per heavy atom. The minimum atomic E-state index is 0.206. The summed E-state index contributed by atoms with van der Waals surface area (Å²) < 4.78 is 0. The van der Waals surface area contributed by atoms with Crippen LogP contribution in [0, 0.1) is 0 Å². The lowest BCUT2D eigenvalue weighted by Gasteiger charge is -2.08. The molecule has 0 atom stereocenters. The normalized spacial score (nSPS) is 10.4. The Morgan fingerprint density at radius 1 is 0.842 bits per heavy atom. The standard InChI is InChI=1S/C17H21NO/c19-13-11-16-8-4-10-17(14-16)18-12-5-9-15-6-2-1-3-7-15/h1-4,6-8,10,14,18-19H,5,9,11-13H2. The van der Waals surface area contributed by atoms with Gasteiger partial charge in [0, 0.05) is 18.8 Å². The molecule has 0 aliphatic carbocycles. The van der Waals surface area contributed by atoms with Crippen molar-refractivity contribution < 1.29 is 5.11 Å². The quantitative estimate of drug-likeness (QED) is 0.744. The van der Waals surface area contributed by atoms with Gasteiger partial charge in [-0.25, -0.2) is 0 Å². The lowest BCUT2D eigenvalue weighted by Crippen LogP contribution is -2.03. The Labute approximate surface area is 115 Å². The van der Waals surface area contributed by atoms with Crippen molar-refractivity contribution in [2.75, 3.05) is 18.5 Å². The molecule has 0 aliphatic heterocycles. The first-order valence-electron chi connectivity index (χ1n) is 6.86. The molecule has 0 unspecified atom stereocenters. The van der Waals surface area contributed by atoms with Crippen molar-refractivity contribution in [1.82, 2.24) is 0 Å². The van der Waals surface area contributed by atoms with Crippen molar-refractivity contribution in [3.63, 3.8) is 0 Å². The molecule has 0 amide bonds. The molecule has 0 radical (unpaired) electrons. The predicted octanol–water partition coefficient (Wildman–Crippen LogP) is 3.27. The summed E-state index contributed by atoms with van der Waals surface area (Å²) in [7, 11) is 0. The lowest BCUT2D eigenvalue weighted by atomic mass is 10.1. The van der Waals surface area contributed by atoms with E-state index in [0.717, 1.165) is 31.5 Å². The van der Waals surface area contributed by atoms with Crippen molar-refractivity contribution in [1.29, 1.82) is 0 Å². The fourth-order valence-corrected chi connectivity index (χ4v) is 2.14. The third kappa shape index (κ3) is 4.76. The smallest absolute Gasteiger partial charge is 0.0471 e. The number of aliphatic hydroxyl groups excluding tert-OH is 1. The Balaban J connectivity index is 1.75. The molecule has 2 N–H and O–H groups in total. The molecule has 0 heterocycles. The zero-order valence-corrected chi connectivity index (χ0v) is 11.2. The Bertz CT molecular complexity index is 482. The SMILES string of the molecule is OCCc1cccc(NCCCc2ccccc2)c1. The van der Waals surface area contributed by atoms with E-state index in [1.807, 2.05) is 12.1 Å². The van der Waals surface area contributed by atoms with Gasteiger partial charge in [-0.05, 0) is 42.5 Å². The summed E-state index contributed by atoms with van der Waals surface area (Å²) >= 11 is 0. The summed E-state index contributed by atoms with van der Waals surface area (Å²) in [6, 6.07) is 18.8. The number of nitrogens with one attached hydrogen (secondary N) is 1. The van der Waals surface area contributed by atoms with Gasteiger partial charge in [0.1, 0.15) is 0 Å². The monoisotopic (exact) mass is 255 g/mol. The Morgan fingerprint density at radius 2 is 1.63 bits per heavy atom. The van der Waals surface area contributed by atoms with Crippen LogP contribution in [0.1, 0.15) is 17.5 Å². The van der Waals surface area contributed by atoms with Gasteiger partial charge in [0.25, 0.3) is 0 Å². The van der Waals surface area contributed by atoms with E-state index in [1.54, 1.807) is 0 Å². The molecular formula is C17H21NO. The second-order valence-corrected chi connectivity index (χ2v) is 4.69. The summed E-state index contributed by atoms with van der Waals surface area (Å²) in [6.07, 6.45) is 2.94. The van der Waals surface area contributed by atoms with Crippen LogP contribution in [0.2, 0.25) is 0 Å². The van der Waals surface area contributed by atoms with E-state index in [-0.39, 0.29) is 6.61 Å². The molecule has 2 heteroatoms. The first kappa shape index (κ1) is 13.6. The highest BCUT2D eigenvalue weighted by Gasteiger charge is 1.96. The Kier molecular flexibility index (Phi) is 5.45. The van der Waals surface area contributed by atoms with Crippen molar-refractivity contribution in [2.24, 2.45) is 0 Å². The number of hydrogen-bond donors (Lipinski definition) is 2. The van der Waals surface area contributed by atoms with Gasteiger partial charge in [0.15, 0.2) is 0 Å². The van der Waals surface area contributed by atoms with E-state index in [9.17, 15) is 0 Å². The van der Waals surface area contributed by atoms with Gasteiger partial charge in [0.2, 0.25) is 0 Å². The molecule has 2 aromatic rings. The van der Waals surface area contributed by atoms with Crippen LogP contribution in [0.5, 0.6) is 0 Å². The van der Waals surface area contributed by atoms with E-state index >= 15 is 0 Å². The van der Waals surface area contributed by atoms with Crippen molar-refractivity contribution >= 4 is 5.69 Å². The van der Waals surface area contributed by atoms with Crippen LogP contribution < -0.4 is 5.32 Å². The second-order valence-electron chi connectivity index (χ2n) is 4.69. The van der Waals surface area contributed by atoms with Gasteiger partial charge in [-0.2, -0.15) is 0 Å². The maximum Gasteiger partial charge on any atom is 0.0471 e. The number of aryl methyl sites for hydroxylation is 1. The van der Waals surface area contributed by atoms with Gasteiger partial charge < -0.3 is 10.4 Å². The van der Waals surface area contributed by atoms with Gasteiger partial charge in [-0.1, -0.05) is 42.5 Å². The number of benzene rings is 2. The number of aliphatic hydroxyl groups is 1. The first-order chi connectivity index (χ1) is 9.38. The Hall–Kier alpha value is -1.80. The van der Waals surface area contributed by atoms with Crippen LogP contribution in [0.15, 0.2) is 54.6 Å². The zero-order chi connectivity index (χ0) is 13.3. The van der Waals surface area contributed by atoms with Crippen LogP contribution in [0.4, 0.5) is 5.69 Å². The average molecular weight is 255 g/mol. The third-order valence-corrected chi connectivity index (χ3v) is 3.14. The van der Waals surface area contributed by atoms with Gasteiger partial charge in [-0.3, -0.25) is 0 Å².